The van der Waals surface area contributed by atoms with E-state index in [1.54, 1.807) is 0 Å². The molecule has 1 aromatic heterocycles. The molecule has 6 nitrogen and oxygen atoms in total. The van der Waals surface area contributed by atoms with Gasteiger partial charge in [-0.2, -0.15) is 0 Å². The van der Waals surface area contributed by atoms with Crippen molar-refractivity contribution in [1.29, 1.82) is 0 Å². The summed E-state index contributed by atoms with van der Waals surface area (Å²) in [5.74, 6) is 1.91. The number of anilines is 1. The number of piperidine rings is 1. The van der Waals surface area contributed by atoms with Gasteiger partial charge in [0, 0.05) is 31.3 Å². The summed E-state index contributed by atoms with van der Waals surface area (Å²) in [6.45, 7) is 2.62. The molecule has 2 aromatic rings. The van der Waals surface area contributed by atoms with Crippen LogP contribution in [-0.2, 0) is 17.8 Å². The van der Waals surface area contributed by atoms with E-state index in [0.29, 0.717) is 30.8 Å². The molecule has 28 heavy (non-hydrogen) atoms. The van der Waals surface area contributed by atoms with Crippen molar-refractivity contribution < 1.29 is 9.32 Å². The van der Waals surface area contributed by atoms with Gasteiger partial charge < -0.3 is 20.1 Å². The summed E-state index contributed by atoms with van der Waals surface area (Å²) >= 11 is 0. The van der Waals surface area contributed by atoms with E-state index in [2.05, 4.69) is 45.9 Å². The third-order valence-electron chi connectivity index (χ3n) is 5.82. The van der Waals surface area contributed by atoms with Crippen molar-refractivity contribution in [2.24, 2.45) is 11.8 Å². The third-order valence-corrected chi connectivity index (χ3v) is 5.82. The maximum Gasteiger partial charge on any atom is 0.220 e. The number of aromatic nitrogens is 1. The first kappa shape index (κ1) is 19.0. The van der Waals surface area contributed by atoms with E-state index in [1.807, 2.05) is 18.2 Å². The van der Waals surface area contributed by atoms with Crippen LogP contribution in [0, 0.1) is 11.8 Å². The zero-order valence-electron chi connectivity index (χ0n) is 16.6. The first-order valence-electron chi connectivity index (χ1n) is 10.4. The van der Waals surface area contributed by atoms with Crippen LogP contribution in [0.1, 0.15) is 37.1 Å². The van der Waals surface area contributed by atoms with E-state index < -0.39 is 0 Å². The van der Waals surface area contributed by atoms with Crippen molar-refractivity contribution in [1.82, 2.24) is 15.8 Å². The molecule has 2 aliphatic rings. The van der Waals surface area contributed by atoms with Gasteiger partial charge in [-0.05, 0) is 62.7 Å². The fourth-order valence-corrected chi connectivity index (χ4v) is 4.04. The molecule has 6 heteroatoms. The molecule has 0 unspecified atom stereocenters. The topological polar surface area (TPSA) is 70.4 Å². The van der Waals surface area contributed by atoms with Crippen LogP contribution < -0.4 is 15.5 Å². The summed E-state index contributed by atoms with van der Waals surface area (Å²) in [6, 6.07) is 12.8. The second kappa shape index (κ2) is 8.78. The van der Waals surface area contributed by atoms with E-state index >= 15 is 0 Å². The summed E-state index contributed by atoms with van der Waals surface area (Å²) < 4.78 is 5.58. The first-order valence-corrected chi connectivity index (χ1v) is 10.4. The smallest absolute Gasteiger partial charge is 0.220 e. The number of nitrogens with zero attached hydrogens (tertiary/aromatic N) is 2. The van der Waals surface area contributed by atoms with Crippen molar-refractivity contribution in [2.45, 2.75) is 44.7 Å². The van der Waals surface area contributed by atoms with Crippen LogP contribution >= 0.6 is 0 Å². The molecule has 1 saturated carbocycles. The van der Waals surface area contributed by atoms with E-state index in [9.17, 15) is 4.79 Å². The van der Waals surface area contributed by atoms with Gasteiger partial charge in [0.15, 0.2) is 5.76 Å². The predicted octanol–water partition coefficient (Wildman–Crippen LogP) is 2.75. The number of amides is 1. The zero-order valence-corrected chi connectivity index (χ0v) is 16.6. The van der Waals surface area contributed by atoms with Gasteiger partial charge in [-0.15, -0.1) is 0 Å². The number of hydrogen-bond acceptors (Lipinski definition) is 5. The Morgan fingerprint density at radius 2 is 2.07 bits per heavy atom. The van der Waals surface area contributed by atoms with Gasteiger partial charge in [-0.3, -0.25) is 4.79 Å². The Morgan fingerprint density at radius 1 is 1.25 bits per heavy atom. The van der Waals surface area contributed by atoms with Gasteiger partial charge in [0.1, 0.15) is 0 Å². The highest BCUT2D eigenvalue weighted by molar-refractivity contribution is 5.76. The Balaban J connectivity index is 1.33. The fraction of sp³-hybridized carbons (Fsp3) is 0.545. The standard InChI is InChI=1S/C22H30N4O2/c1-26(20-5-3-2-4-6-20)15-21-13-19(25-28-21)11-17-14-23-10-9-16(17)12-22(27)24-18-7-8-18/h2-6,13,16-18,23H,7-12,14-15H2,1H3,(H,24,27)/t16-,17-/m0/s1. The summed E-state index contributed by atoms with van der Waals surface area (Å²) in [5, 5.41) is 10.9. The molecule has 1 amide bonds. The maximum atomic E-state index is 12.2. The second-order valence-corrected chi connectivity index (χ2v) is 8.24. The molecule has 2 fully saturated rings. The molecule has 4 rings (SSSR count). The normalized spacial score (nSPS) is 22.0. The monoisotopic (exact) mass is 382 g/mol. The van der Waals surface area contributed by atoms with Gasteiger partial charge in [0.25, 0.3) is 0 Å². The summed E-state index contributed by atoms with van der Waals surface area (Å²) in [5.41, 5.74) is 2.14. The Labute approximate surface area is 166 Å². The van der Waals surface area contributed by atoms with E-state index in [4.69, 9.17) is 4.52 Å². The van der Waals surface area contributed by atoms with Crippen LogP contribution in [-0.4, -0.2) is 37.2 Å². The molecule has 0 radical (unpaired) electrons. The average molecular weight is 383 g/mol. The van der Waals surface area contributed by atoms with E-state index in [1.165, 1.54) is 0 Å². The molecule has 0 bridgehead atoms. The molecule has 0 spiro atoms. The van der Waals surface area contributed by atoms with E-state index in [-0.39, 0.29) is 5.91 Å². The highest BCUT2D eigenvalue weighted by atomic mass is 16.5. The van der Waals surface area contributed by atoms with Crippen LogP contribution in [0.2, 0.25) is 0 Å². The van der Waals surface area contributed by atoms with Crippen molar-refractivity contribution in [3.8, 4) is 0 Å². The van der Waals surface area contributed by atoms with E-state index in [0.717, 1.165) is 55.9 Å². The van der Waals surface area contributed by atoms with Gasteiger partial charge in [0.05, 0.1) is 12.2 Å². The summed E-state index contributed by atoms with van der Waals surface area (Å²) in [6.07, 6.45) is 4.81. The van der Waals surface area contributed by atoms with Crippen molar-refractivity contribution in [3.05, 3.63) is 47.9 Å². The Hall–Kier alpha value is -2.34. The van der Waals surface area contributed by atoms with Gasteiger partial charge in [-0.25, -0.2) is 0 Å². The number of para-hydroxylation sites is 1. The number of carbonyl (C=O) groups excluding carboxylic acids is 1. The first-order chi connectivity index (χ1) is 13.7. The lowest BCUT2D eigenvalue weighted by Crippen LogP contribution is -2.40. The molecule has 2 heterocycles. The van der Waals surface area contributed by atoms with Gasteiger partial charge >= 0.3 is 0 Å². The molecular formula is C22H30N4O2. The lowest BCUT2D eigenvalue weighted by atomic mass is 9.81. The number of rotatable bonds is 8. The van der Waals surface area contributed by atoms with Crippen molar-refractivity contribution in [2.75, 3.05) is 25.0 Å². The van der Waals surface area contributed by atoms with Crippen molar-refractivity contribution >= 4 is 11.6 Å². The second-order valence-electron chi connectivity index (χ2n) is 8.24. The Bertz CT molecular complexity index is 772. The molecule has 2 N–H and O–H groups in total. The molecule has 1 aliphatic heterocycles. The fourth-order valence-electron chi connectivity index (χ4n) is 4.04. The lowest BCUT2D eigenvalue weighted by molar-refractivity contribution is -0.122. The maximum absolute atomic E-state index is 12.2. The van der Waals surface area contributed by atoms with Gasteiger partial charge in [-0.1, -0.05) is 23.4 Å². The Kier molecular flexibility index (Phi) is 5.95. The molecule has 1 saturated heterocycles. The number of carbonyl (C=O) groups is 1. The largest absolute Gasteiger partial charge is 0.367 e. The van der Waals surface area contributed by atoms with Crippen LogP contribution in [0.25, 0.3) is 0 Å². The number of hydrogen-bond donors (Lipinski definition) is 2. The van der Waals surface area contributed by atoms with Gasteiger partial charge in [0.2, 0.25) is 5.91 Å². The highest BCUT2D eigenvalue weighted by Crippen LogP contribution is 2.27. The minimum Gasteiger partial charge on any atom is -0.367 e. The van der Waals surface area contributed by atoms with Crippen LogP contribution in [0.3, 0.4) is 0 Å². The minimum atomic E-state index is 0.213. The molecule has 1 aromatic carbocycles. The molecule has 150 valence electrons. The van der Waals surface area contributed by atoms with Crippen LogP contribution in [0.5, 0.6) is 0 Å². The Morgan fingerprint density at radius 3 is 2.86 bits per heavy atom. The zero-order chi connectivity index (χ0) is 19.3. The molecule has 2 atom stereocenters. The van der Waals surface area contributed by atoms with Crippen molar-refractivity contribution in [3.63, 3.8) is 0 Å². The SMILES string of the molecule is CN(Cc1cc(C[C@H]2CNCC[C@H]2CC(=O)NC2CC2)no1)c1ccccc1. The van der Waals surface area contributed by atoms with Crippen LogP contribution in [0.4, 0.5) is 5.69 Å². The van der Waals surface area contributed by atoms with Crippen LogP contribution in [0.15, 0.2) is 40.9 Å². The number of nitrogens with one attached hydrogen (secondary N) is 2. The summed E-state index contributed by atoms with van der Waals surface area (Å²) in [7, 11) is 2.05. The predicted molar refractivity (Wildman–Crippen MR) is 109 cm³/mol. The minimum absolute atomic E-state index is 0.213. The molecular weight excluding hydrogens is 352 g/mol. The third kappa shape index (κ3) is 5.13. The number of benzene rings is 1. The highest BCUT2D eigenvalue weighted by Gasteiger charge is 2.30. The summed E-state index contributed by atoms with van der Waals surface area (Å²) in [4.78, 5) is 14.4. The quantitative estimate of drug-likeness (QED) is 0.735. The average Bonchev–Trinajstić information content (AvgIpc) is 3.41. The molecule has 1 aliphatic carbocycles. The lowest BCUT2D eigenvalue weighted by Gasteiger charge is -2.31.